The summed E-state index contributed by atoms with van der Waals surface area (Å²) in [5.74, 6) is 1.69. The SMILES string of the molecule is CNC(CCc1ccc(OC)cc1)C1CCOCC1. The second-order valence-corrected chi connectivity index (χ2v) is 5.23. The molecule has 1 heterocycles. The van der Waals surface area contributed by atoms with Gasteiger partial charge in [0.15, 0.2) is 0 Å². The minimum Gasteiger partial charge on any atom is -0.497 e. The fraction of sp³-hybridized carbons (Fsp3) is 0.625. The van der Waals surface area contributed by atoms with Crippen LogP contribution < -0.4 is 10.1 Å². The van der Waals surface area contributed by atoms with Crippen molar-refractivity contribution < 1.29 is 9.47 Å². The fourth-order valence-corrected chi connectivity index (χ4v) is 2.85. The van der Waals surface area contributed by atoms with Gasteiger partial charge in [0.2, 0.25) is 0 Å². The van der Waals surface area contributed by atoms with E-state index in [4.69, 9.17) is 9.47 Å². The van der Waals surface area contributed by atoms with Crippen LogP contribution in [0.4, 0.5) is 0 Å². The number of ether oxygens (including phenoxy) is 2. The van der Waals surface area contributed by atoms with Crippen LogP contribution >= 0.6 is 0 Å². The van der Waals surface area contributed by atoms with Crippen molar-refractivity contribution in [2.45, 2.75) is 31.7 Å². The van der Waals surface area contributed by atoms with E-state index in [0.717, 1.165) is 31.3 Å². The maximum absolute atomic E-state index is 5.44. The third-order valence-electron chi connectivity index (χ3n) is 4.11. The molecule has 1 aromatic carbocycles. The molecule has 1 atom stereocenters. The van der Waals surface area contributed by atoms with Gasteiger partial charge in [0.25, 0.3) is 0 Å². The molecular formula is C16H25NO2. The Hall–Kier alpha value is -1.06. The number of benzene rings is 1. The van der Waals surface area contributed by atoms with Crippen LogP contribution in [-0.4, -0.2) is 33.4 Å². The van der Waals surface area contributed by atoms with Gasteiger partial charge >= 0.3 is 0 Å². The van der Waals surface area contributed by atoms with E-state index in [9.17, 15) is 0 Å². The van der Waals surface area contributed by atoms with Crippen LogP contribution in [0.5, 0.6) is 5.75 Å². The van der Waals surface area contributed by atoms with Crippen LogP contribution in [0.15, 0.2) is 24.3 Å². The predicted octanol–water partition coefficient (Wildman–Crippen LogP) is 2.64. The normalized spacial score (nSPS) is 18.2. The van der Waals surface area contributed by atoms with Gasteiger partial charge in [-0.2, -0.15) is 0 Å². The topological polar surface area (TPSA) is 30.5 Å². The first-order chi connectivity index (χ1) is 9.33. The van der Waals surface area contributed by atoms with Crippen molar-refractivity contribution in [1.82, 2.24) is 5.32 Å². The zero-order chi connectivity index (χ0) is 13.5. The lowest BCUT2D eigenvalue weighted by Gasteiger charge is -2.30. The van der Waals surface area contributed by atoms with Crippen molar-refractivity contribution in [3.8, 4) is 5.75 Å². The van der Waals surface area contributed by atoms with Crippen molar-refractivity contribution in [3.05, 3.63) is 29.8 Å². The highest BCUT2D eigenvalue weighted by Gasteiger charge is 2.22. The largest absolute Gasteiger partial charge is 0.497 e. The Balaban J connectivity index is 1.84. The molecule has 1 aromatic rings. The monoisotopic (exact) mass is 263 g/mol. The molecule has 1 unspecified atom stereocenters. The molecule has 0 aromatic heterocycles. The second-order valence-electron chi connectivity index (χ2n) is 5.23. The Morgan fingerprint density at radius 1 is 1.26 bits per heavy atom. The zero-order valence-electron chi connectivity index (χ0n) is 12.0. The van der Waals surface area contributed by atoms with Crippen LogP contribution in [0.1, 0.15) is 24.8 Å². The van der Waals surface area contributed by atoms with Gasteiger partial charge in [-0.25, -0.2) is 0 Å². The number of methoxy groups -OCH3 is 1. The second kappa shape index (κ2) is 7.51. The quantitative estimate of drug-likeness (QED) is 0.856. The maximum Gasteiger partial charge on any atom is 0.118 e. The summed E-state index contributed by atoms with van der Waals surface area (Å²) in [4.78, 5) is 0. The highest BCUT2D eigenvalue weighted by atomic mass is 16.5. The van der Waals surface area contributed by atoms with E-state index in [2.05, 4.69) is 24.5 Å². The van der Waals surface area contributed by atoms with E-state index in [0.29, 0.717) is 6.04 Å². The summed E-state index contributed by atoms with van der Waals surface area (Å²) in [6.07, 6.45) is 4.68. The van der Waals surface area contributed by atoms with Crippen LogP contribution in [0.2, 0.25) is 0 Å². The Morgan fingerprint density at radius 3 is 2.53 bits per heavy atom. The van der Waals surface area contributed by atoms with Crippen molar-refractivity contribution in [3.63, 3.8) is 0 Å². The molecule has 0 spiro atoms. The van der Waals surface area contributed by atoms with E-state index >= 15 is 0 Å². The molecule has 0 saturated carbocycles. The predicted molar refractivity (Wildman–Crippen MR) is 77.7 cm³/mol. The maximum atomic E-state index is 5.44. The Bertz CT molecular complexity index is 358. The van der Waals surface area contributed by atoms with Gasteiger partial charge in [-0.05, 0) is 56.3 Å². The van der Waals surface area contributed by atoms with Gasteiger partial charge in [0, 0.05) is 19.3 Å². The summed E-state index contributed by atoms with van der Waals surface area (Å²) < 4.78 is 10.6. The molecule has 3 heteroatoms. The van der Waals surface area contributed by atoms with E-state index < -0.39 is 0 Å². The van der Waals surface area contributed by atoms with Gasteiger partial charge in [-0.3, -0.25) is 0 Å². The minimum absolute atomic E-state index is 0.603. The Labute approximate surface area is 116 Å². The van der Waals surface area contributed by atoms with Crippen molar-refractivity contribution in [2.75, 3.05) is 27.4 Å². The van der Waals surface area contributed by atoms with Gasteiger partial charge in [0.05, 0.1) is 7.11 Å². The molecule has 3 nitrogen and oxygen atoms in total. The lowest BCUT2D eigenvalue weighted by atomic mass is 9.88. The van der Waals surface area contributed by atoms with Crippen LogP contribution in [0.25, 0.3) is 0 Å². The lowest BCUT2D eigenvalue weighted by molar-refractivity contribution is 0.0537. The third-order valence-corrected chi connectivity index (χ3v) is 4.11. The molecule has 0 amide bonds. The summed E-state index contributed by atoms with van der Waals surface area (Å²) in [6.45, 7) is 1.84. The van der Waals surface area contributed by atoms with Crippen LogP contribution in [0.3, 0.4) is 0 Å². The molecule has 106 valence electrons. The molecule has 1 N–H and O–H groups in total. The van der Waals surface area contributed by atoms with Crippen molar-refractivity contribution >= 4 is 0 Å². The average molecular weight is 263 g/mol. The smallest absolute Gasteiger partial charge is 0.118 e. The zero-order valence-corrected chi connectivity index (χ0v) is 12.0. The summed E-state index contributed by atoms with van der Waals surface area (Å²) >= 11 is 0. The van der Waals surface area contributed by atoms with Crippen LogP contribution in [0, 0.1) is 5.92 Å². The molecule has 19 heavy (non-hydrogen) atoms. The average Bonchev–Trinajstić information content (AvgIpc) is 2.49. The molecule has 0 radical (unpaired) electrons. The Kier molecular flexibility index (Phi) is 5.67. The molecule has 1 aliphatic rings. The summed E-state index contributed by atoms with van der Waals surface area (Å²) in [5, 5.41) is 3.48. The molecule has 2 rings (SSSR count). The highest BCUT2D eigenvalue weighted by Crippen LogP contribution is 2.22. The highest BCUT2D eigenvalue weighted by molar-refractivity contribution is 5.27. The summed E-state index contributed by atoms with van der Waals surface area (Å²) in [7, 11) is 3.78. The van der Waals surface area contributed by atoms with Gasteiger partial charge in [-0.15, -0.1) is 0 Å². The van der Waals surface area contributed by atoms with E-state index in [-0.39, 0.29) is 0 Å². The lowest BCUT2D eigenvalue weighted by Crippen LogP contribution is -2.37. The van der Waals surface area contributed by atoms with Gasteiger partial charge in [0.1, 0.15) is 5.75 Å². The first-order valence-corrected chi connectivity index (χ1v) is 7.21. The number of hydrogen-bond donors (Lipinski definition) is 1. The van der Waals surface area contributed by atoms with E-state index in [1.54, 1.807) is 7.11 Å². The van der Waals surface area contributed by atoms with Crippen LogP contribution in [-0.2, 0) is 11.2 Å². The molecular weight excluding hydrogens is 238 g/mol. The number of hydrogen-bond acceptors (Lipinski definition) is 3. The standard InChI is InChI=1S/C16H25NO2/c1-17-16(14-9-11-19-12-10-14)8-5-13-3-6-15(18-2)7-4-13/h3-4,6-7,14,16-17H,5,8-12H2,1-2H3. The third kappa shape index (κ3) is 4.22. The summed E-state index contributed by atoms with van der Waals surface area (Å²) in [5.41, 5.74) is 1.38. The van der Waals surface area contributed by atoms with Gasteiger partial charge < -0.3 is 14.8 Å². The van der Waals surface area contributed by atoms with E-state index in [1.165, 1.54) is 24.8 Å². The minimum atomic E-state index is 0.603. The number of rotatable bonds is 6. The van der Waals surface area contributed by atoms with Crippen molar-refractivity contribution in [1.29, 1.82) is 0 Å². The van der Waals surface area contributed by atoms with Gasteiger partial charge in [-0.1, -0.05) is 12.1 Å². The first-order valence-electron chi connectivity index (χ1n) is 7.21. The number of aryl methyl sites for hydroxylation is 1. The van der Waals surface area contributed by atoms with E-state index in [1.807, 2.05) is 12.1 Å². The summed E-state index contributed by atoms with van der Waals surface area (Å²) in [6, 6.07) is 9.01. The van der Waals surface area contributed by atoms with Crippen molar-refractivity contribution in [2.24, 2.45) is 5.92 Å². The molecule has 1 aliphatic heterocycles. The molecule has 1 saturated heterocycles. The molecule has 0 aliphatic carbocycles. The molecule has 0 bridgehead atoms. The molecule has 1 fully saturated rings. The first kappa shape index (κ1) is 14.4. The fourth-order valence-electron chi connectivity index (χ4n) is 2.85. The number of nitrogens with one attached hydrogen (secondary N) is 1. The Morgan fingerprint density at radius 2 is 1.95 bits per heavy atom.